The summed E-state index contributed by atoms with van der Waals surface area (Å²) in [4.78, 5) is 27.8. The highest BCUT2D eigenvalue weighted by Crippen LogP contribution is 2.02. The number of methoxy groups -OCH3 is 2. The Morgan fingerprint density at radius 2 is 1.84 bits per heavy atom. The largest absolute Gasteiger partial charge is 0.469 e. The maximum Gasteiger partial charge on any atom is 0.325 e. The van der Waals surface area contributed by atoms with Crippen LogP contribution in [0.4, 0.5) is 0 Å². The van der Waals surface area contributed by atoms with Crippen LogP contribution < -0.4 is 5.48 Å². The fourth-order valence-corrected chi connectivity index (χ4v) is 1.37. The molecule has 0 aromatic heterocycles. The summed E-state index contributed by atoms with van der Waals surface area (Å²) < 4.78 is 9.07. The third-order valence-electron chi connectivity index (χ3n) is 2.39. The van der Waals surface area contributed by atoms with Crippen molar-refractivity contribution in [2.24, 2.45) is 0 Å². The van der Waals surface area contributed by atoms with E-state index in [2.05, 4.69) is 15.0 Å². The Hall–Kier alpha value is -1.92. The molecule has 0 amide bonds. The second kappa shape index (κ2) is 8.23. The number of hydroxylamine groups is 1. The van der Waals surface area contributed by atoms with Gasteiger partial charge in [0.1, 0.15) is 6.04 Å². The molecule has 0 fully saturated rings. The van der Waals surface area contributed by atoms with Gasteiger partial charge in [0.15, 0.2) is 0 Å². The van der Waals surface area contributed by atoms with Crippen LogP contribution in [0.1, 0.15) is 12.0 Å². The van der Waals surface area contributed by atoms with Crippen molar-refractivity contribution >= 4 is 11.9 Å². The zero-order valence-electron chi connectivity index (χ0n) is 10.9. The normalized spacial score (nSPS) is 11.7. The molecule has 1 rings (SSSR count). The van der Waals surface area contributed by atoms with Crippen molar-refractivity contribution in [3.05, 3.63) is 35.9 Å². The second-order valence-corrected chi connectivity index (χ2v) is 3.75. The van der Waals surface area contributed by atoms with Crippen molar-refractivity contribution in [2.45, 2.75) is 19.1 Å². The summed E-state index contributed by atoms with van der Waals surface area (Å²) in [6, 6.07) is 8.53. The third-order valence-corrected chi connectivity index (χ3v) is 2.39. The Bertz CT molecular complexity index is 407. The summed E-state index contributed by atoms with van der Waals surface area (Å²) in [5.74, 6) is -1.11. The van der Waals surface area contributed by atoms with Crippen LogP contribution in [0.3, 0.4) is 0 Å². The molecule has 0 bridgehead atoms. The van der Waals surface area contributed by atoms with E-state index in [4.69, 9.17) is 4.84 Å². The number of nitrogens with one attached hydrogen (secondary N) is 1. The lowest BCUT2D eigenvalue weighted by molar-refractivity contribution is -0.154. The Labute approximate surface area is 111 Å². The lowest BCUT2D eigenvalue weighted by Crippen LogP contribution is -2.39. The van der Waals surface area contributed by atoms with E-state index < -0.39 is 18.0 Å². The van der Waals surface area contributed by atoms with Crippen molar-refractivity contribution in [3.8, 4) is 0 Å². The van der Waals surface area contributed by atoms with Crippen molar-refractivity contribution in [1.82, 2.24) is 5.48 Å². The number of carbonyl (C=O) groups excluding carboxylic acids is 2. The summed E-state index contributed by atoms with van der Waals surface area (Å²) in [6.45, 7) is 0.273. The van der Waals surface area contributed by atoms with E-state index in [1.54, 1.807) is 0 Å². The molecular weight excluding hydrogens is 250 g/mol. The first kappa shape index (κ1) is 15.1. The van der Waals surface area contributed by atoms with Gasteiger partial charge in [-0.1, -0.05) is 30.3 Å². The predicted octanol–water partition coefficient (Wildman–Crippen LogP) is 0.812. The average Bonchev–Trinajstić information content (AvgIpc) is 2.46. The molecule has 1 N–H and O–H groups in total. The number of hydrogen-bond acceptors (Lipinski definition) is 6. The van der Waals surface area contributed by atoms with Gasteiger partial charge in [-0.2, -0.15) is 5.48 Å². The molecule has 1 aromatic carbocycles. The maximum atomic E-state index is 11.4. The number of carbonyl (C=O) groups is 2. The number of ether oxygens (including phenoxy) is 2. The smallest absolute Gasteiger partial charge is 0.325 e. The molecule has 1 atom stereocenters. The summed E-state index contributed by atoms with van der Waals surface area (Å²) in [5, 5.41) is 0. The molecule has 0 unspecified atom stereocenters. The van der Waals surface area contributed by atoms with E-state index in [0.29, 0.717) is 0 Å². The van der Waals surface area contributed by atoms with Crippen LogP contribution in [0.25, 0.3) is 0 Å². The highest BCUT2D eigenvalue weighted by Gasteiger charge is 2.23. The molecule has 0 radical (unpaired) electrons. The van der Waals surface area contributed by atoms with Crippen molar-refractivity contribution in [1.29, 1.82) is 0 Å². The molecule has 1 aromatic rings. The zero-order chi connectivity index (χ0) is 14.1. The average molecular weight is 267 g/mol. The lowest BCUT2D eigenvalue weighted by Gasteiger charge is -2.15. The van der Waals surface area contributed by atoms with Crippen molar-refractivity contribution in [3.63, 3.8) is 0 Å². The van der Waals surface area contributed by atoms with Gasteiger partial charge in [0.25, 0.3) is 0 Å². The van der Waals surface area contributed by atoms with Crippen LogP contribution in [0.5, 0.6) is 0 Å². The predicted molar refractivity (Wildman–Crippen MR) is 66.8 cm³/mol. The minimum atomic E-state index is -0.888. The summed E-state index contributed by atoms with van der Waals surface area (Å²) in [6.07, 6.45) is -0.155. The molecule has 0 saturated carbocycles. The van der Waals surface area contributed by atoms with Crippen molar-refractivity contribution < 1.29 is 23.9 Å². The number of rotatable bonds is 7. The van der Waals surface area contributed by atoms with E-state index in [1.165, 1.54) is 14.2 Å². The van der Waals surface area contributed by atoms with Crippen LogP contribution in [0, 0.1) is 0 Å². The number of hydrogen-bond donors (Lipinski definition) is 1. The van der Waals surface area contributed by atoms with Crippen LogP contribution in [-0.2, 0) is 30.5 Å². The molecule has 19 heavy (non-hydrogen) atoms. The third kappa shape index (κ3) is 5.50. The van der Waals surface area contributed by atoms with Gasteiger partial charge in [0.2, 0.25) is 0 Å². The van der Waals surface area contributed by atoms with E-state index in [-0.39, 0.29) is 13.0 Å². The summed E-state index contributed by atoms with van der Waals surface area (Å²) in [7, 11) is 2.49. The fraction of sp³-hybridized carbons (Fsp3) is 0.385. The minimum absolute atomic E-state index is 0.155. The number of esters is 2. The SMILES string of the molecule is COC(=O)C[C@H](NOCc1ccccc1)C(=O)OC. The first-order chi connectivity index (χ1) is 9.17. The Morgan fingerprint density at radius 3 is 2.42 bits per heavy atom. The molecule has 0 aliphatic rings. The van der Waals surface area contributed by atoms with Gasteiger partial charge in [0, 0.05) is 0 Å². The first-order valence-corrected chi connectivity index (χ1v) is 5.73. The molecule has 0 saturated heterocycles. The standard InChI is InChI=1S/C13H17NO5/c1-17-12(15)8-11(13(16)18-2)14-19-9-10-6-4-3-5-7-10/h3-7,11,14H,8-9H2,1-2H3/t11-/m0/s1. The Balaban J connectivity index is 2.44. The van der Waals surface area contributed by atoms with E-state index in [9.17, 15) is 9.59 Å². The van der Waals surface area contributed by atoms with Gasteiger partial charge in [-0.05, 0) is 5.56 Å². The second-order valence-electron chi connectivity index (χ2n) is 3.75. The van der Waals surface area contributed by atoms with E-state index in [0.717, 1.165) is 5.56 Å². The Kier molecular flexibility index (Phi) is 6.56. The van der Waals surface area contributed by atoms with Gasteiger partial charge in [-0.25, -0.2) is 0 Å². The maximum absolute atomic E-state index is 11.4. The van der Waals surface area contributed by atoms with E-state index in [1.807, 2.05) is 30.3 Å². The quantitative estimate of drug-likeness (QED) is 0.582. The van der Waals surface area contributed by atoms with Gasteiger partial charge in [-0.3, -0.25) is 14.4 Å². The minimum Gasteiger partial charge on any atom is -0.469 e. The first-order valence-electron chi connectivity index (χ1n) is 5.73. The van der Waals surface area contributed by atoms with Crippen LogP contribution >= 0.6 is 0 Å². The molecule has 0 spiro atoms. The van der Waals surface area contributed by atoms with E-state index >= 15 is 0 Å². The molecule has 0 aliphatic heterocycles. The topological polar surface area (TPSA) is 73.9 Å². The lowest BCUT2D eigenvalue weighted by atomic mass is 10.2. The molecule has 0 heterocycles. The van der Waals surface area contributed by atoms with Gasteiger partial charge in [-0.15, -0.1) is 0 Å². The van der Waals surface area contributed by atoms with Gasteiger partial charge in [0.05, 0.1) is 27.2 Å². The summed E-state index contributed by atoms with van der Waals surface area (Å²) >= 11 is 0. The van der Waals surface area contributed by atoms with Crippen LogP contribution in [0.2, 0.25) is 0 Å². The molecule has 6 heteroatoms. The highest BCUT2D eigenvalue weighted by atomic mass is 16.6. The Morgan fingerprint density at radius 1 is 1.16 bits per heavy atom. The van der Waals surface area contributed by atoms with Crippen LogP contribution in [-0.4, -0.2) is 32.2 Å². The zero-order valence-corrected chi connectivity index (χ0v) is 10.9. The van der Waals surface area contributed by atoms with Gasteiger partial charge < -0.3 is 9.47 Å². The molecule has 6 nitrogen and oxygen atoms in total. The monoisotopic (exact) mass is 267 g/mol. The molecule has 104 valence electrons. The molecular formula is C13H17NO5. The highest BCUT2D eigenvalue weighted by molar-refractivity contribution is 5.82. The number of benzene rings is 1. The molecule has 0 aliphatic carbocycles. The van der Waals surface area contributed by atoms with Crippen LogP contribution in [0.15, 0.2) is 30.3 Å². The van der Waals surface area contributed by atoms with Crippen molar-refractivity contribution in [2.75, 3.05) is 14.2 Å². The van der Waals surface area contributed by atoms with Gasteiger partial charge >= 0.3 is 11.9 Å². The fourth-order valence-electron chi connectivity index (χ4n) is 1.37. The summed E-state index contributed by atoms with van der Waals surface area (Å²) in [5.41, 5.74) is 3.45.